The Labute approximate surface area is 153 Å². The van der Waals surface area contributed by atoms with E-state index in [2.05, 4.69) is 27.3 Å². The molecule has 4 rings (SSSR count). The number of nitrogens with one attached hydrogen (secondary N) is 1. The van der Waals surface area contributed by atoms with Crippen LogP contribution in [-0.2, 0) is 19.4 Å². The number of likely N-dealkylation sites (tertiary alicyclic amines) is 1. The van der Waals surface area contributed by atoms with Crippen LogP contribution < -0.4 is 5.32 Å². The SMILES string of the molecule is O=C(c1cc2c(s1)CCNC2)N1CCC(CCc2cccnc2)CC1. The zero-order chi connectivity index (χ0) is 17.1. The van der Waals surface area contributed by atoms with Crippen molar-refractivity contribution in [1.29, 1.82) is 0 Å². The number of pyridine rings is 1. The van der Waals surface area contributed by atoms with E-state index in [1.54, 1.807) is 11.3 Å². The number of amides is 1. The molecule has 4 nitrogen and oxygen atoms in total. The molecule has 2 aliphatic rings. The molecule has 2 aromatic rings. The average Bonchev–Trinajstić information content (AvgIpc) is 3.11. The van der Waals surface area contributed by atoms with Crippen molar-refractivity contribution in [3.63, 3.8) is 0 Å². The molecule has 0 aliphatic carbocycles. The number of thiophene rings is 1. The van der Waals surface area contributed by atoms with Crippen molar-refractivity contribution >= 4 is 17.2 Å². The third-order valence-corrected chi connectivity index (χ3v) is 6.64. The van der Waals surface area contributed by atoms with Gasteiger partial charge in [-0.3, -0.25) is 9.78 Å². The number of hydrogen-bond donors (Lipinski definition) is 1. The van der Waals surface area contributed by atoms with E-state index in [1.807, 2.05) is 18.5 Å². The molecule has 0 radical (unpaired) electrons. The van der Waals surface area contributed by atoms with E-state index in [4.69, 9.17) is 0 Å². The van der Waals surface area contributed by atoms with Crippen LogP contribution in [0.3, 0.4) is 0 Å². The first kappa shape index (κ1) is 16.7. The summed E-state index contributed by atoms with van der Waals surface area (Å²) in [4.78, 5) is 21.4. The second-order valence-corrected chi connectivity index (χ2v) is 8.26. The Hall–Kier alpha value is -1.72. The summed E-state index contributed by atoms with van der Waals surface area (Å²) in [5, 5.41) is 3.38. The maximum Gasteiger partial charge on any atom is 0.263 e. The minimum atomic E-state index is 0.241. The van der Waals surface area contributed by atoms with E-state index in [0.717, 1.165) is 62.7 Å². The second-order valence-electron chi connectivity index (χ2n) is 7.12. The lowest BCUT2D eigenvalue weighted by molar-refractivity contribution is 0.0692. The van der Waals surface area contributed by atoms with E-state index in [9.17, 15) is 4.79 Å². The number of hydrogen-bond acceptors (Lipinski definition) is 4. The smallest absolute Gasteiger partial charge is 0.263 e. The lowest BCUT2D eigenvalue weighted by Crippen LogP contribution is -2.38. The van der Waals surface area contributed by atoms with Gasteiger partial charge >= 0.3 is 0 Å². The van der Waals surface area contributed by atoms with Gasteiger partial charge in [0.25, 0.3) is 5.91 Å². The molecule has 2 aliphatic heterocycles. The predicted molar refractivity (Wildman–Crippen MR) is 101 cm³/mol. The van der Waals surface area contributed by atoms with Crippen LogP contribution in [0.4, 0.5) is 0 Å². The summed E-state index contributed by atoms with van der Waals surface area (Å²) in [6.45, 7) is 3.74. The van der Waals surface area contributed by atoms with Crippen molar-refractivity contribution in [3.05, 3.63) is 51.5 Å². The number of aryl methyl sites for hydroxylation is 1. The lowest BCUT2D eigenvalue weighted by Gasteiger charge is -2.31. The monoisotopic (exact) mass is 355 g/mol. The highest BCUT2D eigenvalue weighted by Gasteiger charge is 2.25. The Morgan fingerprint density at radius 3 is 3.00 bits per heavy atom. The van der Waals surface area contributed by atoms with Crippen molar-refractivity contribution in [1.82, 2.24) is 15.2 Å². The average molecular weight is 356 g/mol. The molecule has 5 heteroatoms. The molecule has 25 heavy (non-hydrogen) atoms. The van der Waals surface area contributed by atoms with Crippen LogP contribution in [0.15, 0.2) is 30.6 Å². The highest BCUT2D eigenvalue weighted by Crippen LogP contribution is 2.28. The number of rotatable bonds is 4. The normalized spacial score (nSPS) is 18.2. The minimum absolute atomic E-state index is 0.241. The topological polar surface area (TPSA) is 45.2 Å². The summed E-state index contributed by atoms with van der Waals surface area (Å²) >= 11 is 1.71. The second kappa shape index (κ2) is 7.67. The first-order chi connectivity index (χ1) is 12.3. The Morgan fingerprint density at radius 1 is 1.36 bits per heavy atom. The van der Waals surface area contributed by atoms with Crippen molar-refractivity contribution in [2.24, 2.45) is 5.92 Å². The van der Waals surface area contributed by atoms with Crippen LogP contribution >= 0.6 is 11.3 Å². The highest BCUT2D eigenvalue weighted by molar-refractivity contribution is 7.14. The van der Waals surface area contributed by atoms with E-state index >= 15 is 0 Å². The Kier molecular flexibility index (Phi) is 5.13. The number of carbonyl (C=O) groups is 1. The molecule has 4 heterocycles. The fourth-order valence-corrected chi connectivity index (χ4v) is 5.00. The fourth-order valence-electron chi connectivity index (χ4n) is 3.86. The van der Waals surface area contributed by atoms with Crippen LogP contribution in [0.2, 0.25) is 0 Å². The van der Waals surface area contributed by atoms with Gasteiger partial charge in [0.2, 0.25) is 0 Å². The van der Waals surface area contributed by atoms with E-state index in [1.165, 1.54) is 22.4 Å². The Bertz CT molecular complexity index is 696. The van der Waals surface area contributed by atoms with Crippen molar-refractivity contribution in [2.45, 2.75) is 38.6 Å². The number of carbonyl (C=O) groups excluding carboxylic acids is 1. The van der Waals surface area contributed by atoms with Crippen molar-refractivity contribution in [3.8, 4) is 0 Å². The Balaban J connectivity index is 1.29. The molecule has 0 unspecified atom stereocenters. The number of nitrogens with zero attached hydrogens (tertiary/aromatic N) is 2. The van der Waals surface area contributed by atoms with Crippen LogP contribution in [0, 0.1) is 5.92 Å². The van der Waals surface area contributed by atoms with E-state index in [-0.39, 0.29) is 5.91 Å². The van der Waals surface area contributed by atoms with Crippen LogP contribution in [0.5, 0.6) is 0 Å². The molecule has 132 valence electrons. The van der Waals surface area contributed by atoms with Gasteiger partial charge in [-0.1, -0.05) is 6.07 Å². The maximum atomic E-state index is 12.8. The summed E-state index contributed by atoms with van der Waals surface area (Å²) in [6, 6.07) is 6.27. The number of fused-ring (bicyclic) bond motifs is 1. The van der Waals surface area contributed by atoms with E-state index in [0.29, 0.717) is 0 Å². The highest BCUT2D eigenvalue weighted by atomic mass is 32.1. The van der Waals surface area contributed by atoms with Gasteiger partial charge in [-0.2, -0.15) is 0 Å². The third-order valence-electron chi connectivity index (χ3n) is 5.42. The summed E-state index contributed by atoms with van der Waals surface area (Å²) in [7, 11) is 0. The van der Waals surface area contributed by atoms with Crippen LogP contribution in [0.1, 0.15) is 44.9 Å². The summed E-state index contributed by atoms with van der Waals surface area (Å²) < 4.78 is 0. The molecule has 0 saturated carbocycles. The van der Waals surface area contributed by atoms with Gasteiger partial charge in [0, 0.05) is 43.4 Å². The maximum absolute atomic E-state index is 12.8. The Morgan fingerprint density at radius 2 is 2.24 bits per heavy atom. The molecule has 1 amide bonds. The summed E-state index contributed by atoms with van der Waals surface area (Å²) in [5.74, 6) is 0.968. The molecule has 1 fully saturated rings. The van der Waals surface area contributed by atoms with Gasteiger partial charge in [-0.05, 0) is 61.3 Å². The zero-order valence-corrected chi connectivity index (χ0v) is 15.4. The first-order valence-corrected chi connectivity index (χ1v) is 10.1. The van der Waals surface area contributed by atoms with Crippen molar-refractivity contribution in [2.75, 3.05) is 19.6 Å². The van der Waals surface area contributed by atoms with Gasteiger partial charge in [0.15, 0.2) is 0 Å². The fraction of sp³-hybridized carbons (Fsp3) is 0.500. The zero-order valence-electron chi connectivity index (χ0n) is 14.5. The van der Waals surface area contributed by atoms with Gasteiger partial charge < -0.3 is 10.2 Å². The molecule has 0 aromatic carbocycles. The van der Waals surface area contributed by atoms with Gasteiger partial charge in [0.1, 0.15) is 0 Å². The summed E-state index contributed by atoms with van der Waals surface area (Å²) in [5.41, 5.74) is 2.64. The first-order valence-electron chi connectivity index (χ1n) is 9.30. The quantitative estimate of drug-likeness (QED) is 0.915. The molecule has 2 aromatic heterocycles. The molecular formula is C20H25N3OS. The molecule has 1 N–H and O–H groups in total. The molecule has 1 saturated heterocycles. The lowest BCUT2D eigenvalue weighted by atomic mass is 9.91. The van der Waals surface area contributed by atoms with Gasteiger partial charge in [0.05, 0.1) is 4.88 Å². The number of aromatic nitrogens is 1. The van der Waals surface area contributed by atoms with Crippen LogP contribution in [0.25, 0.3) is 0 Å². The molecule has 0 bridgehead atoms. The van der Waals surface area contributed by atoms with Gasteiger partial charge in [-0.15, -0.1) is 11.3 Å². The molecule has 0 spiro atoms. The van der Waals surface area contributed by atoms with Gasteiger partial charge in [-0.25, -0.2) is 0 Å². The molecular weight excluding hydrogens is 330 g/mol. The standard InChI is InChI=1S/C20H25N3OS/c24-20(19-12-17-14-22-9-5-18(17)25-19)23-10-6-15(7-11-23)3-4-16-2-1-8-21-13-16/h1-2,8,12-13,15,22H,3-7,9-11,14H2. The van der Waals surface area contributed by atoms with Crippen molar-refractivity contribution < 1.29 is 4.79 Å². The predicted octanol–water partition coefficient (Wildman–Crippen LogP) is 3.27. The third kappa shape index (κ3) is 3.93. The summed E-state index contributed by atoms with van der Waals surface area (Å²) in [6.07, 6.45) is 9.39. The molecule has 0 atom stereocenters. The van der Waals surface area contributed by atoms with E-state index < -0.39 is 0 Å². The van der Waals surface area contributed by atoms with Crippen LogP contribution in [-0.4, -0.2) is 35.4 Å². The number of piperidine rings is 1. The minimum Gasteiger partial charge on any atom is -0.338 e. The largest absolute Gasteiger partial charge is 0.338 e.